The Hall–Kier alpha value is -2.56. The van der Waals surface area contributed by atoms with E-state index in [9.17, 15) is 9.59 Å². The molecule has 2 rings (SSSR count). The molecule has 0 atom stereocenters. The molecule has 0 fully saturated rings. The number of hydrogen-bond acceptors (Lipinski definition) is 3. The Balaban J connectivity index is 2.08. The van der Waals surface area contributed by atoms with Gasteiger partial charge in [-0.25, -0.2) is 0 Å². The maximum Gasteiger partial charge on any atom is 0.272 e. The van der Waals surface area contributed by atoms with Gasteiger partial charge in [0.25, 0.3) is 5.91 Å². The number of aromatic nitrogens is 1. The second-order valence-corrected chi connectivity index (χ2v) is 4.75. The first-order valence-corrected chi connectivity index (χ1v) is 6.25. The molecule has 2 N–H and O–H groups in total. The number of carbonyl (C=O) groups excluding carboxylic acids is 2. The number of rotatable bonds is 4. The van der Waals surface area contributed by atoms with E-state index in [2.05, 4.69) is 10.3 Å². The molecule has 0 aliphatic carbocycles. The molecule has 1 amide bonds. The van der Waals surface area contributed by atoms with Gasteiger partial charge >= 0.3 is 0 Å². The molecule has 0 bridgehead atoms. The van der Waals surface area contributed by atoms with Crippen molar-refractivity contribution in [3.05, 3.63) is 47.8 Å². The summed E-state index contributed by atoms with van der Waals surface area (Å²) in [6.45, 7) is 1.46. The lowest BCUT2D eigenvalue weighted by atomic mass is 10.2. The first kappa shape index (κ1) is 13.9. The van der Waals surface area contributed by atoms with E-state index in [1.54, 1.807) is 6.07 Å². The number of benzene rings is 1. The molecule has 1 heterocycles. The smallest absolute Gasteiger partial charge is 0.272 e. The molecule has 0 spiro atoms. The molecule has 0 aliphatic heterocycles. The van der Waals surface area contributed by atoms with Crippen LogP contribution < -0.4 is 10.2 Å². The zero-order chi connectivity index (χ0) is 14.7. The van der Waals surface area contributed by atoms with Crippen LogP contribution in [0.15, 0.2) is 36.5 Å². The van der Waals surface area contributed by atoms with E-state index in [-0.39, 0.29) is 11.7 Å². The molecule has 0 unspecified atom stereocenters. The summed E-state index contributed by atoms with van der Waals surface area (Å²) in [5.74, 6) is -0.342. The van der Waals surface area contributed by atoms with Crippen LogP contribution in [0.4, 0.5) is 11.4 Å². The number of aromatic amines is 1. The van der Waals surface area contributed by atoms with Gasteiger partial charge < -0.3 is 15.2 Å². The Labute approximate surface area is 117 Å². The lowest BCUT2D eigenvalue weighted by Crippen LogP contribution is -2.13. The molecule has 2 aromatic rings. The molecular weight excluding hydrogens is 254 g/mol. The first-order valence-electron chi connectivity index (χ1n) is 6.25. The normalized spacial score (nSPS) is 10.2. The highest BCUT2D eigenvalue weighted by molar-refractivity contribution is 6.05. The van der Waals surface area contributed by atoms with Crippen LogP contribution in [0.2, 0.25) is 0 Å². The largest absolute Gasteiger partial charge is 0.378 e. The van der Waals surface area contributed by atoms with E-state index in [0.29, 0.717) is 16.9 Å². The van der Waals surface area contributed by atoms with Crippen molar-refractivity contribution < 1.29 is 9.59 Å². The van der Waals surface area contributed by atoms with Crippen molar-refractivity contribution in [3.63, 3.8) is 0 Å². The molecular formula is C15H17N3O2. The van der Waals surface area contributed by atoms with E-state index >= 15 is 0 Å². The summed E-state index contributed by atoms with van der Waals surface area (Å²) in [6, 6.07) is 9.06. The van der Waals surface area contributed by atoms with Gasteiger partial charge in [-0.05, 0) is 37.3 Å². The third-order valence-electron chi connectivity index (χ3n) is 2.98. The van der Waals surface area contributed by atoms with Crippen molar-refractivity contribution in [1.29, 1.82) is 0 Å². The fourth-order valence-corrected chi connectivity index (χ4v) is 1.77. The van der Waals surface area contributed by atoms with Gasteiger partial charge in [-0.3, -0.25) is 9.59 Å². The van der Waals surface area contributed by atoms with Gasteiger partial charge in [0.05, 0.1) is 0 Å². The second-order valence-electron chi connectivity index (χ2n) is 4.75. The van der Waals surface area contributed by atoms with Crippen molar-refractivity contribution in [2.75, 3.05) is 24.3 Å². The molecule has 0 saturated carbocycles. The molecule has 1 aromatic heterocycles. The number of anilines is 2. The van der Waals surface area contributed by atoms with Crippen LogP contribution in [0.3, 0.4) is 0 Å². The standard InChI is InChI=1S/C15H17N3O2/c1-10(19)11-8-14(16-9-11)15(20)17-12-4-6-13(7-5-12)18(2)3/h4-9,16H,1-3H3,(H,17,20). The number of Topliss-reactive ketones (excluding diaryl/α,β-unsaturated/α-hetero) is 1. The van der Waals surface area contributed by atoms with Gasteiger partial charge in [-0.1, -0.05) is 0 Å². The lowest BCUT2D eigenvalue weighted by molar-refractivity contribution is 0.101. The molecule has 0 saturated heterocycles. The summed E-state index contributed by atoms with van der Waals surface area (Å²) in [5.41, 5.74) is 2.63. The van der Waals surface area contributed by atoms with Gasteiger partial charge in [-0.2, -0.15) is 0 Å². The summed E-state index contributed by atoms with van der Waals surface area (Å²) >= 11 is 0. The van der Waals surface area contributed by atoms with E-state index < -0.39 is 0 Å². The number of nitrogens with one attached hydrogen (secondary N) is 2. The van der Waals surface area contributed by atoms with Gasteiger partial charge in [0.2, 0.25) is 0 Å². The van der Waals surface area contributed by atoms with Gasteiger partial charge in [0.1, 0.15) is 5.69 Å². The van der Waals surface area contributed by atoms with Crippen LogP contribution in [0.25, 0.3) is 0 Å². The number of carbonyl (C=O) groups is 2. The number of ketones is 1. The number of nitrogens with zero attached hydrogens (tertiary/aromatic N) is 1. The van der Waals surface area contributed by atoms with Crippen molar-refractivity contribution in [3.8, 4) is 0 Å². The average Bonchev–Trinajstić information content (AvgIpc) is 2.89. The Kier molecular flexibility index (Phi) is 3.89. The zero-order valence-corrected chi connectivity index (χ0v) is 11.7. The predicted molar refractivity (Wildman–Crippen MR) is 79.5 cm³/mol. The highest BCUT2D eigenvalue weighted by atomic mass is 16.2. The summed E-state index contributed by atoms with van der Waals surface area (Å²) in [6.07, 6.45) is 1.53. The number of H-pyrrole nitrogens is 1. The van der Waals surface area contributed by atoms with Gasteiger partial charge in [-0.15, -0.1) is 0 Å². The minimum atomic E-state index is -0.268. The van der Waals surface area contributed by atoms with E-state index in [4.69, 9.17) is 0 Å². The Morgan fingerprint density at radius 1 is 1.15 bits per heavy atom. The van der Waals surface area contributed by atoms with E-state index in [0.717, 1.165) is 5.69 Å². The first-order chi connectivity index (χ1) is 9.47. The predicted octanol–water partition coefficient (Wildman–Crippen LogP) is 2.54. The second kappa shape index (κ2) is 5.61. The van der Waals surface area contributed by atoms with E-state index in [1.165, 1.54) is 13.1 Å². The molecule has 5 nitrogen and oxygen atoms in total. The van der Waals surface area contributed by atoms with Crippen LogP contribution >= 0.6 is 0 Å². The Morgan fingerprint density at radius 3 is 2.30 bits per heavy atom. The molecule has 0 radical (unpaired) electrons. The van der Waals surface area contributed by atoms with Crippen molar-refractivity contribution >= 4 is 23.1 Å². The van der Waals surface area contributed by atoms with Crippen LogP contribution in [-0.4, -0.2) is 30.8 Å². The van der Waals surface area contributed by atoms with Crippen molar-refractivity contribution in [2.24, 2.45) is 0 Å². The summed E-state index contributed by atoms with van der Waals surface area (Å²) in [4.78, 5) is 28.0. The quantitative estimate of drug-likeness (QED) is 0.840. The fourth-order valence-electron chi connectivity index (χ4n) is 1.77. The number of amides is 1. The zero-order valence-electron chi connectivity index (χ0n) is 11.7. The maximum atomic E-state index is 12.0. The van der Waals surface area contributed by atoms with Crippen LogP contribution in [0.1, 0.15) is 27.8 Å². The maximum absolute atomic E-state index is 12.0. The molecule has 5 heteroatoms. The van der Waals surface area contributed by atoms with Gasteiger partial charge in [0.15, 0.2) is 5.78 Å². The third kappa shape index (κ3) is 3.06. The molecule has 20 heavy (non-hydrogen) atoms. The molecule has 1 aromatic carbocycles. The Bertz CT molecular complexity index is 627. The molecule has 104 valence electrons. The average molecular weight is 271 g/mol. The van der Waals surface area contributed by atoms with Gasteiger partial charge in [0, 0.05) is 37.2 Å². The highest BCUT2D eigenvalue weighted by Gasteiger charge is 2.10. The van der Waals surface area contributed by atoms with Crippen LogP contribution in [0.5, 0.6) is 0 Å². The van der Waals surface area contributed by atoms with Crippen LogP contribution in [-0.2, 0) is 0 Å². The summed E-state index contributed by atoms with van der Waals surface area (Å²) in [7, 11) is 3.91. The highest BCUT2D eigenvalue weighted by Crippen LogP contribution is 2.16. The molecule has 0 aliphatic rings. The third-order valence-corrected chi connectivity index (χ3v) is 2.98. The Morgan fingerprint density at radius 2 is 1.80 bits per heavy atom. The van der Waals surface area contributed by atoms with Crippen molar-refractivity contribution in [2.45, 2.75) is 6.92 Å². The fraction of sp³-hybridized carbons (Fsp3) is 0.200. The monoisotopic (exact) mass is 271 g/mol. The SMILES string of the molecule is CC(=O)c1c[nH]c(C(=O)Nc2ccc(N(C)C)cc2)c1. The van der Waals surface area contributed by atoms with Crippen molar-refractivity contribution in [1.82, 2.24) is 4.98 Å². The minimum absolute atomic E-state index is 0.0735. The topological polar surface area (TPSA) is 65.2 Å². The van der Waals surface area contributed by atoms with E-state index in [1.807, 2.05) is 43.3 Å². The lowest BCUT2D eigenvalue weighted by Gasteiger charge is -2.12. The summed E-state index contributed by atoms with van der Waals surface area (Å²) < 4.78 is 0. The number of hydrogen-bond donors (Lipinski definition) is 2. The van der Waals surface area contributed by atoms with Crippen LogP contribution in [0, 0.1) is 0 Å². The summed E-state index contributed by atoms with van der Waals surface area (Å²) in [5, 5.41) is 2.78. The minimum Gasteiger partial charge on any atom is -0.378 e.